The lowest BCUT2D eigenvalue weighted by Gasteiger charge is -2.41. The van der Waals surface area contributed by atoms with E-state index in [2.05, 4.69) is 18.3 Å². The van der Waals surface area contributed by atoms with Crippen molar-refractivity contribution >= 4 is 11.6 Å². The van der Waals surface area contributed by atoms with Crippen LogP contribution in [0.3, 0.4) is 0 Å². The Morgan fingerprint density at radius 1 is 1.41 bits per heavy atom. The summed E-state index contributed by atoms with van der Waals surface area (Å²) in [5.41, 5.74) is 1.22. The van der Waals surface area contributed by atoms with Crippen molar-refractivity contribution in [3.8, 4) is 0 Å². The summed E-state index contributed by atoms with van der Waals surface area (Å²) in [4.78, 5) is 0. The van der Waals surface area contributed by atoms with Gasteiger partial charge in [0, 0.05) is 24.7 Å². The second kappa shape index (κ2) is 5.38. The number of methoxy groups -OCH3 is 1. The van der Waals surface area contributed by atoms with E-state index < -0.39 is 0 Å². The van der Waals surface area contributed by atoms with Crippen LogP contribution in [-0.4, -0.2) is 19.3 Å². The van der Waals surface area contributed by atoms with Crippen molar-refractivity contribution in [2.45, 2.75) is 37.8 Å². The van der Waals surface area contributed by atoms with Gasteiger partial charge in [0.25, 0.3) is 0 Å². The molecule has 2 rings (SSSR count). The molecule has 1 aliphatic rings. The molecule has 1 fully saturated rings. The lowest BCUT2D eigenvalue weighted by atomic mass is 9.80. The number of benzene rings is 1. The van der Waals surface area contributed by atoms with Gasteiger partial charge in [0.15, 0.2) is 0 Å². The summed E-state index contributed by atoms with van der Waals surface area (Å²) in [5.74, 6) is 0. The van der Waals surface area contributed by atoms with Crippen LogP contribution in [0, 0.1) is 0 Å². The first-order chi connectivity index (χ1) is 8.17. The molecule has 0 amide bonds. The summed E-state index contributed by atoms with van der Waals surface area (Å²) in [6.07, 6.45) is 3.59. The SMILES string of the molecule is COC1(CNC(C)c2ccccc2Cl)CCC1. The van der Waals surface area contributed by atoms with E-state index in [1.807, 2.05) is 18.2 Å². The topological polar surface area (TPSA) is 21.3 Å². The Morgan fingerprint density at radius 2 is 2.12 bits per heavy atom. The van der Waals surface area contributed by atoms with E-state index in [0.29, 0.717) is 0 Å². The molecule has 1 saturated carbocycles. The molecule has 1 atom stereocenters. The van der Waals surface area contributed by atoms with Gasteiger partial charge < -0.3 is 10.1 Å². The van der Waals surface area contributed by atoms with Gasteiger partial charge >= 0.3 is 0 Å². The summed E-state index contributed by atoms with van der Waals surface area (Å²) < 4.78 is 5.59. The van der Waals surface area contributed by atoms with E-state index >= 15 is 0 Å². The summed E-state index contributed by atoms with van der Waals surface area (Å²) in [7, 11) is 1.81. The average Bonchev–Trinajstić information content (AvgIpc) is 2.28. The summed E-state index contributed by atoms with van der Waals surface area (Å²) in [5, 5.41) is 4.35. The first kappa shape index (κ1) is 12.9. The largest absolute Gasteiger partial charge is 0.377 e. The van der Waals surface area contributed by atoms with Gasteiger partial charge in [0.1, 0.15) is 0 Å². The molecule has 1 unspecified atom stereocenters. The Hall–Kier alpha value is -0.570. The molecule has 0 radical (unpaired) electrons. The van der Waals surface area contributed by atoms with E-state index in [-0.39, 0.29) is 11.6 Å². The summed E-state index contributed by atoms with van der Waals surface area (Å²) >= 11 is 6.18. The van der Waals surface area contributed by atoms with Crippen molar-refractivity contribution < 1.29 is 4.74 Å². The highest BCUT2D eigenvalue weighted by molar-refractivity contribution is 6.31. The van der Waals surface area contributed by atoms with Gasteiger partial charge in [0.05, 0.1) is 5.60 Å². The Balaban J connectivity index is 1.93. The molecule has 0 heterocycles. The van der Waals surface area contributed by atoms with Crippen LogP contribution in [0.15, 0.2) is 24.3 Å². The lowest BCUT2D eigenvalue weighted by Crippen LogP contribution is -2.48. The van der Waals surface area contributed by atoms with Crippen LogP contribution in [0.5, 0.6) is 0 Å². The molecule has 1 aliphatic carbocycles. The fourth-order valence-corrected chi connectivity index (χ4v) is 2.60. The maximum atomic E-state index is 6.18. The van der Waals surface area contributed by atoms with E-state index in [1.54, 1.807) is 7.11 Å². The smallest absolute Gasteiger partial charge is 0.0802 e. The number of halogens is 1. The molecule has 1 aromatic rings. The molecule has 0 bridgehead atoms. The third kappa shape index (κ3) is 2.82. The molecule has 0 aromatic heterocycles. The van der Waals surface area contributed by atoms with Crippen LogP contribution in [0.4, 0.5) is 0 Å². The number of rotatable bonds is 5. The summed E-state index contributed by atoms with van der Waals surface area (Å²) in [6.45, 7) is 3.04. The fourth-order valence-electron chi connectivity index (χ4n) is 2.30. The molecular weight excluding hydrogens is 234 g/mol. The van der Waals surface area contributed by atoms with Gasteiger partial charge in [-0.1, -0.05) is 29.8 Å². The number of hydrogen-bond donors (Lipinski definition) is 1. The van der Waals surface area contributed by atoms with E-state index in [0.717, 1.165) is 30.0 Å². The van der Waals surface area contributed by atoms with Crippen LogP contribution < -0.4 is 5.32 Å². The van der Waals surface area contributed by atoms with Crippen molar-refractivity contribution in [3.63, 3.8) is 0 Å². The standard InChI is InChI=1S/C14H20ClNO/c1-11(12-6-3-4-7-13(12)15)16-10-14(17-2)8-5-9-14/h3-4,6-7,11,16H,5,8-10H2,1-2H3. The van der Waals surface area contributed by atoms with Crippen molar-refractivity contribution in [1.82, 2.24) is 5.32 Å². The van der Waals surface area contributed by atoms with E-state index in [1.165, 1.54) is 6.42 Å². The lowest BCUT2D eigenvalue weighted by molar-refractivity contribution is -0.0706. The maximum absolute atomic E-state index is 6.18. The molecule has 0 aliphatic heterocycles. The monoisotopic (exact) mass is 253 g/mol. The van der Waals surface area contributed by atoms with Crippen LogP contribution >= 0.6 is 11.6 Å². The summed E-state index contributed by atoms with van der Waals surface area (Å²) in [6, 6.07) is 8.25. The average molecular weight is 254 g/mol. The third-order valence-electron chi connectivity index (χ3n) is 3.80. The Bertz CT molecular complexity index is 371. The highest BCUT2D eigenvalue weighted by atomic mass is 35.5. The number of ether oxygens (including phenoxy) is 1. The quantitative estimate of drug-likeness (QED) is 0.866. The third-order valence-corrected chi connectivity index (χ3v) is 4.14. The predicted octanol–water partition coefficient (Wildman–Crippen LogP) is 3.56. The molecule has 94 valence electrons. The Kier molecular flexibility index (Phi) is 4.08. The normalized spacial score (nSPS) is 19.7. The van der Waals surface area contributed by atoms with Gasteiger partial charge in [-0.3, -0.25) is 0 Å². The minimum absolute atomic E-state index is 0.0650. The molecule has 1 N–H and O–H groups in total. The van der Waals surface area contributed by atoms with E-state index in [4.69, 9.17) is 16.3 Å². The highest BCUT2D eigenvalue weighted by Gasteiger charge is 2.36. The molecule has 0 saturated heterocycles. The first-order valence-electron chi connectivity index (χ1n) is 6.20. The fraction of sp³-hybridized carbons (Fsp3) is 0.571. The number of nitrogens with one attached hydrogen (secondary N) is 1. The maximum Gasteiger partial charge on any atom is 0.0802 e. The van der Waals surface area contributed by atoms with Crippen LogP contribution in [0.1, 0.15) is 37.8 Å². The van der Waals surface area contributed by atoms with E-state index in [9.17, 15) is 0 Å². The molecule has 2 nitrogen and oxygen atoms in total. The van der Waals surface area contributed by atoms with Crippen molar-refractivity contribution in [3.05, 3.63) is 34.9 Å². The first-order valence-corrected chi connectivity index (χ1v) is 6.58. The van der Waals surface area contributed by atoms with Crippen molar-refractivity contribution in [2.24, 2.45) is 0 Å². The van der Waals surface area contributed by atoms with Gasteiger partial charge in [-0.15, -0.1) is 0 Å². The van der Waals surface area contributed by atoms with Crippen LogP contribution in [0.2, 0.25) is 5.02 Å². The zero-order chi connectivity index (χ0) is 12.3. The van der Waals surface area contributed by atoms with Gasteiger partial charge in [-0.05, 0) is 37.8 Å². The molecular formula is C14H20ClNO. The second-order valence-corrected chi connectivity index (χ2v) is 5.27. The molecule has 3 heteroatoms. The molecule has 17 heavy (non-hydrogen) atoms. The van der Waals surface area contributed by atoms with Crippen LogP contribution in [-0.2, 0) is 4.74 Å². The zero-order valence-electron chi connectivity index (χ0n) is 10.5. The second-order valence-electron chi connectivity index (χ2n) is 4.86. The Morgan fingerprint density at radius 3 is 2.65 bits per heavy atom. The van der Waals surface area contributed by atoms with Crippen LogP contribution in [0.25, 0.3) is 0 Å². The van der Waals surface area contributed by atoms with Gasteiger partial charge in [0.2, 0.25) is 0 Å². The van der Waals surface area contributed by atoms with Gasteiger partial charge in [-0.2, -0.15) is 0 Å². The minimum Gasteiger partial charge on any atom is -0.377 e. The van der Waals surface area contributed by atoms with Crippen molar-refractivity contribution in [1.29, 1.82) is 0 Å². The highest BCUT2D eigenvalue weighted by Crippen LogP contribution is 2.35. The molecule has 0 spiro atoms. The predicted molar refractivity (Wildman–Crippen MR) is 71.5 cm³/mol. The van der Waals surface area contributed by atoms with Gasteiger partial charge in [-0.25, -0.2) is 0 Å². The zero-order valence-corrected chi connectivity index (χ0v) is 11.3. The number of hydrogen-bond acceptors (Lipinski definition) is 2. The van der Waals surface area contributed by atoms with Crippen molar-refractivity contribution in [2.75, 3.05) is 13.7 Å². The molecule has 1 aromatic carbocycles. The Labute approximate surface area is 108 Å². The minimum atomic E-state index is 0.0650.